The molecule has 0 aliphatic heterocycles. The van der Waals surface area contributed by atoms with Crippen molar-refractivity contribution >= 4 is 11.7 Å². The maximum atomic E-state index is 8.34. The molecule has 0 aliphatic rings. The number of azide groups is 2. The Morgan fingerprint density at radius 3 is 2.32 bits per heavy atom. The first-order chi connectivity index (χ1) is 9.17. The molecule has 8 nitrogen and oxygen atoms in total. The number of hydrogen-bond donors (Lipinski definition) is 2. The van der Waals surface area contributed by atoms with Gasteiger partial charge >= 0.3 is 0 Å². The maximum Gasteiger partial charge on any atom is 0.121 e. The highest BCUT2D eigenvalue weighted by Gasteiger charge is 2.06. The molecule has 0 saturated heterocycles. The highest BCUT2D eigenvalue weighted by Crippen LogP contribution is 2.10. The van der Waals surface area contributed by atoms with E-state index in [1.54, 1.807) is 0 Å². The maximum absolute atomic E-state index is 8.34. The standard InChI is InChI=1S/C11H10N8/c12-10(16-18-14)7-9(11(13)17-19-15)6-8-4-2-1-3-5-8/h1-5,7,12-13H,6H2/b9-7-,12-10?,13-11?. The molecule has 0 bridgehead atoms. The molecule has 0 radical (unpaired) electrons. The smallest absolute Gasteiger partial charge is 0.121 e. The van der Waals surface area contributed by atoms with Crippen LogP contribution >= 0.6 is 0 Å². The number of hydrogen-bond acceptors (Lipinski definition) is 2. The summed E-state index contributed by atoms with van der Waals surface area (Å²) in [6.07, 6.45) is 1.52. The summed E-state index contributed by atoms with van der Waals surface area (Å²) >= 11 is 0. The second kappa shape index (κ2) is 7.29. The zero-order valence-electron chi connectivity index (χ0n) is 9.85. The van der Waals surface area contributed by atoms with Gasteiger partial charge in [-0.1, -0.05) is 30.3 Å². The second-order valence-electron chi connectivity index (χ2n) is 3.44. The first-order valence-electron chi connectivity index (χ1n) is 5.19. The molecule has 0 fully saturated rings. The minimum Gasteiger partial charge on any atom is -0.299 e. The number of rotatable bonds is 4. The lowest BCUT2D eigenvalue weighted by Crippen LogP contribution is -2.03. The number of benzene rings is 1. The topological polar surface area (TPSA) is 145 Å². The molecule has 0 spiro atoms. The van der Waals surface area contributed by atoms with Gasteiger partial charge in [0.05, 0.1) is 0 Å². The van der Waals surface area contributed by atoms with E-state index in [1.807, 2.05) is 30.3 Å². The van der Waals surface area contributed by atoms with Crippen molar-refractivity contribution in [2.75, 3.05) is 0 Å². The highest BCUT2D eigenvalue weighted by atomic mass is 15.2. The van der Waals surface area contributed by atoms with Crippen molar-refractivity contribution in [1.82, 2.24) is 0 Å². The molecule has 0 aliphatic carbocycles. The van der Waals surface area contributed by atoms with E-state index in [2.05, 4.69) is 20.1 Å². The van der Waals surface area contributed by atoms with Gasteiger partial charge in [-0.15, -0.1) is 0 Å². The van der Waals surface area contributed by atoms with Gasteiger partial charge in [-0.2, -0.15) is 0 Å². The van der Waals surface area contributed by atoms with Crippen LogP contribution in [-0.2, 0) is 6.42 Å². The molecule has 1 aromatic rings. The van der Waals surface area contributed by atoms with Crippen molar-refractivity contribution < 1.29 is 0 Å². The van der Waals surface area contributed by atoms with Crippen LogP contribution in [0.2, 0.25) is 0 Å². The van der Waals surface area contributed by atoms with Crippen LogP contribution in [0, 0.1) is 10.8 Å². The Bertz CT molecular complexity index is 603. The van der Waals surface area contributed by atoms with Gasteiger partial charge in [-0.25, -0.2) is 0 Å². The Kier molecular flexibility index (Phi) is 5.36. The average molecular weight is 254 g/mol. The van der Waals surface area contributed by atoms with Crippen LogP contribution < -0.4 is 0 Å². The van der Waals surface area contributed by atoms with E-state index in [4.69, 9.17) is 21.9 Å². The summed E-state index contributed by atoms with van der Waals surface area (Å²) in [5, 5.41) is 21.3. The Labute approximate surface area is 108 Å². The fourth-order valence-corrected chi connectivity index (χ4v) is 1.37. The summed E-state index contributed by atoms with van der Waals surface area (Å²) in [4.78, 5) is 5.02. The average Bonchev–Trinajstić information content (AvgIpc) is 2.40. The third kappa shape index (κ3) is 4.74. The minimum absolute atomic E-state index is 0.302. The van der Waals surface area contributed by atoms with Gasteiger partial charge in [0.1, 0.15) is 11.7 Å². The first kappa shape index (κ1) is 14.0. The lowest BCUT2D eigenvalue weighted by molar-refractivity contribution is 1.19. The van der Waals surface area contributed by atoms with Crippen LogP contribution in [0.3, 0.4) is 0 Å². The van der Waals surface area contributed by atoms with Crippen LogP contribution in [0.25, 0.3) is 20.9 Å². The first-order valence-corrected chi connectivity index (χ1v) is 5.19. The molecule has 1 aromatic carbocycles. The fourth-order valence-electron chi connectivity index (χ4n) is 1.37. The van der Waals surface area contributed by atoms with Crippen molar-refractivity contribution in [2.24, 2.45) is 10.2 Å². The molecule has 0 aromatic heterocycles. The molecule has 2 N–H and O–H groups in total. The van der Waals surface area contributed by atoms with E-state index in [1.165, 1.54) is 6.08 Å². The molecule has 0 amide bonds. The van der Waals surface area contributed by atoms with Gasteiger partial charge < -0.3 is 0 Å². The summed E-state index contributed by atoms with van der Waals surface area (Å²) in [7, 11) is 0. The van der Waals surface area contributed by atoms with E-state index >= 15 is 0 Å². The molecule has 8 heteroatoms. The predicted octanol–water partition coefficient (Wildman–Crippen LogP) is 3.73. The van der Waals surface area contributed by atoms with Crippen LogP contribution in [0.5, 0.6) is 0 Å². The Morgan fingerprint density at radius 2 is 1.74 bits per heavy atom. The van der Waals surface area contributed by atoms with Crippen LogP contribution in [0.15, 0.2) is 52.2 Å². The summed E-state index contributed by atoms with van der Waals surface area (Å²) < 4.78 is 0. The zero-order valence-corrected chi connectivity index (χ0v) is 9.85. The van der Waals surface area contributed by atoms with Gasteiger partial charge in [0.15, 0.2) is 0 Å². The number of nitrogens with one attached hydrogen (secondary N) is 2. The van der Waals surface area contributed by atoms with Crippen molar-refractivity contribution in [3.05, 3.63) is 68.4 Å². The third-order valence-corrected chi connectivity index (χ3v) is 2.15. The molecule has 0 atom stereocenters. The summed E-state index contributed by atoms with van der Waals surface area (Å²) in [5.74, 6) is -0.643. The SMILES string of the molecule is [N-]=[N+]=NC(=N)/C=C(/Cc1ccccc1)C(=N)N=[N+]=[N-]. The zero-order chi connectivity index (χ0) is 14.1. The van der Waals surface area contributed by atoms with E-state index in [-0.39, 0.29) is 11.7 Å². The van der Waals surface area contributed by atoms with E-state index in [0.29, 0.717) is 12.0 Å². The van der Waals surface area contributed by atoms with Crippen molar-refractivity contribution in [3.63, 3.8) is 0 Å². The molecule has 1 rings (SSSR count). The lowest BCUT2D eigenvalue weighted by Gasteiger charge is -2.05. The van der Waals surface area contributed by atoms with E-state index in [0.717, 1.165) is 5.56 Å². The van der Waals surface area contributed by atoms with Gasteiger partial charge in [-0.3, -0.25) is 10.8 Å². The molecule has 0 saturated carbocycles. The Hall–Kier alpha value is -3.08. The largest absolute Gasteiger partial charge is 0.299 e. The third-order valence-electron chi connectivity index (χ3n) is 2.15. The van der Waals surface area contributed by atoms with Crippen molar-refractivity contribution in [2.45, 2.75) is 6.42 Å². The summed E-state index contributed by atoms with van der Waals surface area (Å²) in [6, 6.07) is 9.21. The highest BCUT2D eigenvalue weighted by molar-refractivity contribution is 6.04. The van der Waals surface area contributed by atoms with Gasteiger partial charge in [0.2, 0.25) is 0 Å². The fraction of sp³-hybridized carbons (Fsp3) is 0.0909. The normalized spacial score (nSPS) is 10.0. The lowest BCUT2D eigenvalue weighted by atomic mass is 10.0. The summed E-state index contributed by atoms with van der Waals surface area (Å²) in [5.41, 5.74) is 17.8. The van der Waals surface area contributed by atoms with Gasteiger partial charge in [-0.05, 0) is 44.9 Å². The quantitative estimate of drug-likeness (QED) is 0.265. The summed E-state index contributed by atoms with van der Waals surface area (Å²) in [6.45, 7) is 0. The van der Waals surface area contributed by atoms with Crippen molar-refractivity contribution in [1.29, 1.82) is 10.8 Å². The van der Waals surface area contributed by atoms with Crippen LogP contribution in [-0.4, -0.2) is 11.7 Å². The van der Waals surface area contributed by atoms with Crippen LogP contribution in [0.4, 0.5) is 0 Å². The van der Waals surface area contributed by atoms with Crippen LogP contribution in [0.1, 0.15) is 5.56 Å². The number of amidine groups is 2. The van der Waals surface area contributed by atoms with Crippen molar-refractivity contribution in [3.8, 4) is 0 Å². The minimum atomic E-state index is -0.341. The Balaban J connectivity index is 3.06. The molecular formula is C11H10N8. The molecule has 19 heavy (non-hydrogen) atoms. The van der Waals surface area contributed by atoms with Gasteiger partial charge in [0, 0.05) is 9.82 Å². The van der Waals surface area contributed by atoms with E-state index < -0.39 is 0 Å². The molecule has 0 unspecified atom stereocenters. The second-order valence-corrected chi connectivity index (χ2v) is 3.44. The van der Waals surface area contributed by atoms with E-state index in [9.17, 15) is 0 Å². The molecule has 0 heterocycles. The number of nitrogens with zero attached hydrogens (tertiary/aromatic N) is 6. The molecule has 94 valence electrons. The monoisotopic (exact) mass is 254 g/mol. The molecular weight excluding hydrogens is 244 g/mol. The Morgan fingerprint density at radius 1 is 1.11 bits per heavy atom. The predicted molar refractivity (Wildman–Crippen MR) is 72.0 cm³/mol. The van der Waals surface area contributed by atoms with Gasteiger partial charge in [0.25, 0.3) is 0 Å².